The summed E-state index contributed by atoms with van der Waals surface area (Å²) in [5, 5.41) is 2.68. The number of anilines is 1. The van der Waals surface area contributed by atoms with Crippen LogP contribution in [0.3, 0.4) is 0 Å². The molecule has 146 valence electrons. The minimum Gasteiger partial charge on any atom is -0.493 e. The number of halogens is 1. The average Bonchev–Trinajstić information content (AvgIpc) is 2.71. The largest absolute Gasteiger partial charge is 0.493 e. The fourth-order valence-corrected chi connectivity index (χ4v) is 2.47. The Morgan fingerprint density at radius 3 is 2.04 bits per heavy atom. The maximum atomic E-state index is 12.5. The molecule has 28 heavy (non-hydrogen) atoms. The molecule has 0 atom stereocenters. The lowest BCUT2D eigenvalue weighted by molar-refractivity contribution is -0.112. The second-order valence-corrected chi connectivity index (χ2v) is 6.55. The SMILES string of the molecule is C=C(Br)C(=O)Nc1ccc(/C=C/C(=O)c2cc(OC)c(OC)c(OC)c2)cc1. The van der Waals surface area contributed by atoms with Gasteiger partial charge in [-0.15, -0.1) is 0 Å². The van der Waals surface area contributed by atoms with Crippen molar-refractivity contribution >= 4 is 39.4 Å². The number of carbonyl (C=O) groups excluding carboxylic acids is 2. The first kappa shape index (κ1) is 21.2. The number of amides is 1. The Morgan fingerprint density at radius 1 is 1.00 bits per heavy atom. The highest BCUT2D eigenvalue weighted by molar-refractivity contribution is 9.12. The summed E-state index contributed by atoms with van der Waals surface area (Å²) in [5.41, 5.74) is 1.83. The minimum atomic E-state index is -0.319. The zero-order valence-electron chi connectivity index (χ0n) is 15.7. The molecule has 2 rings (SSSR count). The van der Waals surface area contributed by atoms with E-state index in [1.807, 2.05) is 0 Å². The van der Waals surface area contributed by atoms with Gasteiger partial charge in [-0.05, 0) is 51.8 Å². The number of carbonyl (C=O) groups is 2. The summed E-state index contributed by atoms with van der Waals surface area (Å²) in [5.74, 6) is 0.710. The summed E-state index contributed by atoms with van der Waals surface area (Å²) >= 11 is 3.02. The molecule has 0 saturated heterocycles. The van der Waals surface area contributed by atoms with Crippen molar-refractivity contribution in [1.29, 1.82) is 0 Å². The first-order valence-corrected chi connectivity index (χ1v) is 8.97. The van der Waals surface area contributed by atoms with Crippen LogP contribution in [-0.4, -0.2) is 33.0 Å². The summed E-state index contributed by atoms with van der Waals surface area (Å²) in [4.78, 5) is 24.1. The fourth-order valence-electron chi connectivity index (χ4n) is 2.37. The Labute approximate surface area is 171 Å². The van der Waals surface area contributed by atoms with Crippen LogP contribution < -0.4 is 19.5 Å². The van der Waals surface area contributed by atoms with Crippen molar-refractivity contribution in [2.45, 2.75) is 0 Å². The molecule has 0 spiro atoms. The van der Waals surface area contributed by atoms with E-state index >= 15 is 0 Å². The van der Waals surface area contributed by atoms with Crippen LogP contribution in [0.2, 0.25) is 0 Å². The number of hydrogen-bond acceptors (Lipinski definition) is 5. The molecule has 6 nitrogen and oxygen atoms in total. The highest BCUT2D eigenvalue weighted by atomic mass is 79.9. The molecule has 0 unspecified atom stereocenters. The lowest BCUT2D eigenvalue weighted by Crippen LogP contribution is -2.10. The lowest BCUT2D eigenvalue weighted by atomic mass is 10.1. The van der Waals surface area contributed by atoms with Gasteiger partial charge < -0.3 is 19.5 Å². The summed E-state index contributed by atoms with van der Waals surface area (Å²) in [6.45, 7) is 3.51. The molecule has 1 N–H and O–H groups in total. The number of allylic oxidation sites excluding steroid dienone is 1. The molecule has 1 amide bonds. The molecular weight excluding hydrogens is 426 g/mol. The number of methoxy groups -OCH3 is 3. The molecule has 0 aliphatic rings. The van der Waals surface area contributed by atoms with E-state index in [-0.39, 0.29) is 16.2 Å². The van der Waals surface area contributed by atoms with Gasteiger partial charge >= 0.3 is 0 Å². The van der Waals surface area contributed by atoms with E-state index in [4.69, 9.17) is 14.2 Å². The Morgan fingerprint density at radius 2 is 1.57 bits per heavy atom. The van der Waals surface area contributed by atoms with E-state index in [9.17, 15) is 9.59 Å². The number of benzene rings is 2. The number of ketones is 1. The zero-order chi connectivity index (χ0) is 20.7. The predicted octanol–water partition coefficient (Wildman–Crippen LogP) is 4.46. The van der Waals surface area contributed by atoms with Crippen molar-refractivity contribution in [3.63, 3.8) is 0 Å². The van der Waals surface area contributed by atoms with Gasteiger partial charge in [0.1, 0.15) is 0 Å². The van der Waals surface area contributed by atoms with Gasteiger partial charge in [0.2, 0.25) is 5.75 Å². The third-order valence-corrected chi connectivity index (χ3v) is 4.15. The topological polar surface area (TPSA) is 73.9 Å². The van der Waals surface area contributed by atoms with Gasteiger partial charge in [-0.3, -0.25) is 9.59 Å². The monoisotopic (exact) mass is 445 g/mol. The molecule has 0 aliphatic carbocycles. The van der Waals surface area contributed by atoms with Crippen molar-refractivity contribution in [2.75, 3.05) is 26.6 Å². The quantitative estimate of drug-likeness (QED) is 0.479. The van der Waals surface area contributed by atoms with E-state index in [2.05, 4.69) is 27.8 Å². The Kier molecular flexibility index (Phi) is 7.40. The van der Waals surface area contributed by atoms with Gasteiger partial charge in [0.25, 0.3) is 5.91 Å². The molecular formula is C21H20BrNO5. The third kappa shape index (κ3) is 5.23. The van der Waals surface area contributed by atoms with Crippen molar-refractivity contribution in [3.8, 4) is 17.2 Å². The van der Waals surface area contributed by atoms with Crippen molar-refractivity contribution in [3.05, 3.63) is 64.7 Å². The first-order chi connectivity index (χ1) is 13.4. The van der Waals surface area contributed by atoms with Crippen LogP contribution in [-0.2, 0) is 4.79 Å². The van der Waals surface area contributed by atoms with Crippen LogP contribution in [0.25, 0.3) is 6.08 Å². The summed E-state index contributed by atoms with van der Waals surface area (Å²) in [7, 11) is 4.49. The molecule has 0 radical (unpaired) electrons. The van der Waals surface area contributed by atoms with E-state index in [0.29, 0.717) is 28.5 Å². The van der Waals surface area contributed by atoms with E-state index < -0.39 is 0 Å². The molecule has 0 saturated carbocycles. The summed E-state index contributed by atoms with van der Waals surface area (Å²) in [6.07, 6.45) is 3.13. The predicted molar refractivity (Wildman–Crippen MR) is 113 cm³/mol. The molecule has 0 bridgehead atoms. The molecule has 0 heterocycles. The molecule has 7 heteroatoms. The second kappa shape index (κ2) is 9.75. The van der Waals surface area contributed by atoms with Crippen LogP contribution in [0.15, 0.2) is 53.5 Å². The number of hydrogen-bond donors (Lipinski definition) is 1. The third-order valence-electron chi connectivity index (χ3n) is 3.79. The van der Waals surface area contributed by atoms with Crippen molar-refractivity contribution in [2.24, 2.45) is 0 Å². The standard InChI is InChI=1S/C21H20BrNO5/c1-13(22)21(25)23-16-8-5-14(6-9-16)7-10-17(24)15-11-18(26-2)20(28-4)19(12-15)27-3/h5-12H,1H2,2-4H3,(H,23,25)/b10-7+. The number of rotatable bonds is 8. The highest BCUT2D eigenvalue weighted by Crippen LogP contribution is 2.38. The summed E-state index contributed by atoms with van der Waals surface area (Å²) in [6, 6.07) is 10.2. The maximum Gasteiger partial charge on any atom is 0.262 e. The van der Waals surface area contributed by atoms with E-state index in [0.717, 1.165) is 5.56 Å². The number of nitrogens with one attached hydrogen (secondary N) is 1. The average molecular weight is 446 g/mol. The minimum absolute atomic E-state index is 0.216. The van der Waals surface area contributed by atoms with Crippen LogP contribution >= 0.6 is 15.9 Å². The van der Waals surface area contributed by atoms with Crippen LogP contribution in [0, 0.1) is 0 Å². The van der Waals surface area contributed by atoms with Crippen LogP contribution in [0.1, 0.15) is 15.9 Å². The van der Waals surface area contributed by atoms with Crippen molar-refractivity contribution in [1.82, 2.24) is 0 Å². The first-order valence-electron chi connectivity index (χ1n) is 8.17. The smallest absolute Gasteiger partial charge is 0.262 e. The van der Waals surface area contributed by atoms with Crippen LogP contribution in [0.5, 0.6) is 17.2 Å². The lowest BCUT2D eigenvalue weighted by Gasteiger charge is -2.13. The Balaban J connectivity index is 2.17. The Hall–Kier alpha value is -3.06. The molecule has 2 aromatic rings. The van der Waals surface area contributed by atoms with Gasteiger partial charge in [0.15, 0.2) is 17.3 Å². The van der Waals surface area contributed by atoms with E-state index in [1.165, 1.54) is 27.4 Å². The highest BCUT2D eigenvalue weighted by Gasteiger charge is 2.15. The number of ether oxygens (including phenoxy) is 3. The van der Waals surface area contributed by atoms with Gasteiger partial charge in [-0.2, -0.15) is 0 Å². The normalized spacial score (nSPS) is 10.4. The molecule has 2 aromatic carbocycles. The summed E-state index contributed by atoms with van der Waals surface area (Å²) < 4.78 is 16.0. The van der Waals surface area contributed by atoms with Gasteiger partial charge in [-0.1, -0.05) is 24.8 Å². The van der Waals surface area contributed by atoms with Gasteiger partial charge in [-0.25, -0.2) is 0 Å². The Bertz CT molecular complexity index is 894. The molecule has 0 fully saturated rings. The van der Waals surface area contributed by atoms with E-state index in [1.54, 1.807) is 42.5 Å². The maximum absolute atomic E-state index is 12.5. The van der Waals surface area contributed by atoms with Crippen molar-refractivity contribution < 1.29 is 23.8 Å². The van der Waals surface area contributed by atoms with Gasteiger partial charge in [0, 0.05) is 11.3 Å². The van der Waals surface area contributed by atoms with Gasteiger partial charge in [0.05, 0.1) is 25.8 Å². The molecule has 0 aliphatic heterocycles. The zero-order valence-corrected chi connectivity index (χ0v) is 17.3. The fraction of sp³-hybridized carbons (Fsp3) is 0.143. The van der Waals surface area contributed by atoms with Crippen LogP contribution in [0.4, 0.5) is 5.69 Å². The molecule has 0 aromatic heterocycles. The second-order valence-electron chi connectivity index (χ2n) is 5.59.